The summed E-state index contributed by atoms with van der Waals surface area (Å²) in [4.78, 5) is 59.7. The van der Waals surface area contributed by atoms with E-state index in [-0.39, 0.29) is 17.1 Å². The SMILES string of the molecule is CC(C)(C=O)C(=O)O.CC(C)(C=O)C(=O)O.CC(C)(C=O)C(=O)O.[Fe]. The van der Waals surface area contributed by atoms with Gasteiger partial charge in [0.15, 0.2) is 0 Å². The maximum Gasteiger partial charge on any atom is 0.316 e. The van der Waals surface area contributed by atoms with Crippen molar-refractivity contribution >= 4 is 36.8 Å². The van der Waals surface area contributed by atoms with Gasteiger partial charge in [0.05, 0.1) is 0 Å². The van der Waals surface area contributed by atoms with Gasteiger partial charge in [0.25, 0.3) is 0 Å². The molecular formula is C15H24FeO9. The Hall–Kier alpha value is -2.06. The summed E-state index contributed by atoms with van der Waals surface area (Å²) in [7, 11) is 0. The predicted octanol–water partition coefficient (Wildman–Crippen LogP) is 0.886. The molecule has 9 nitrogen and oxygen atoms in total. The Morgan fingerprint density at radius 3 is 0.680 bits per heavy atom. The van der Waals surface area contributed by atoms with E-state index in [9.17, 15) is 28.8 Å². The van der Waals surface area contributed by atoms with Crippen LogP contribution in [0.1, 0.15) is 41.5 Å². The van der Waals surface area contributed by atoms with Crippen LogP contribution in [-0.4, -0.2) is 52.1 Å². The van der Waals surface area contributed by atoms with E-state index >= 15 is 0 Å². The normalized spacial score (nSPS) is 10.3. The summed E-state index contributed by atoms with van der Waals surface area (Å²) >= 11 is 0. The molecule has 0 bridgehead atoms. The first-order chi connectivity index (χ1) is 10.5. The van der Waals surface area contributed by atoms with Crippen molar-refractivity contribution in [3.05, 3.63) is 0 Å². The molecule has 0 radical (unpaired) electrons. The van der Waals surface area contributed by atoms with E-state index in [1.54, 1.807) is 0 Å². The van der Waals surface area contributed by atoms with E-state index < -0.39 is 34.2 Å². The number of hydrogen-bond acceptors (Lipinski definition) is 6. The second kappa shape index (κ2) is 12.3. The molecule has 0 atom stereocenters. The monoisotopic (exact) mass is 404 g/mol. The van der Waals surface area contributed by atoms with Gasteiger partial charge in [-0.25, -0.2) is 0 Å². The van der Waals surface area contributed by atoms with Gasteiger partial charge in [0.1, 0.15) is 35.1 Å². The Labute approximate surface area is 156 Å². The van der Waals surface area contributed by atoms with Gasteiger partial charge in [-0.1, -0.05) is 0 Å². The second-order valence-corrected chi connectivity index (χ2v) is 6.43. The standard InChI is InChI=1S/3C5H8O3.Fe/c3*1-5(2,3-6)4(7)8;/h3*3H,1-2H3,(H,7,8);. The van der Waals surface area contributed by atoms with Gasteiger partial charge < -0.3 is 29.7 Å². The molecule has 0 aromatic heterocycles. The van der Waals surface area contributed by atoms with Gasteiger partial charge in [-0.3, -0.25) is 14.4 Å². The molecule has 0 rings (SSSR count). The molecule has 0 aliphatic carbocycles. The van der Waals surface area contributed by atoms with E-state index in [1.165, 1.54) is 41.5 Å². The second-order valence-electron chi connectivity index (χ2n) is 6.43. The Morgan fingerprint density at radius 2 is 0.680 bits per heavy atom. The number of hydrogen-bond donors (Lipinski definition) is 3. The molecule has 0 amide bonds. The Kier molecular flexibility index (Phi) is 15.2. The molecule has 0 aromatic carbocycles. The van der Waals surface area contributed by atoms with Crippen LogP contribution in [0.3, 0.4) is 0 Å². The largest absolute Gasteiger partial charge is 0.481 e. The Balaban J connectivity index is -0.000000130. The third kappa shape index (κ3) is 14.0. The van der Waals surface area contributed by atoms with Crippen LogP contribution in [0.2, 0.25) is 0 Å². The van der Waals surface area contributed by atoms with Crippen molar-refractivity contribution in [1.82, 2.24) is 0 Å². The van der Waals surface area contributed by atoms with E-state index in [0.717, 1.165) is 0 Å². The first-order valence-electron chi connectivity index (χ1n) is 6.61. The third-order valence-electron chi connectivity index (χ3n) is 2.54. The predicted molar refractivity (Wildman–Crippen MR) is 82.4 cm³/mol. The van der Waals surface area contributed by atoms with Gasteiger partial charge in [0, 0.05) is 17.1 Å². The maximum atomic E-state index is 10.0. The Morgan fingerprint density at radius 1 is 0.560 bits per heavy atom. The Bertz CT molecular complexity index is 422. The molecule has 0 heterocycles. The summed E-state index contributed by atoms with van der Waals surface area (Å²) in [5.74, 6) is -3.27. The number of carbonyl (C=O) groups excluding carboxylic acids is 3. The van der Waals surface area contributed by atoms with Crippen LogP contribution >= 0.6 is 0 Å². The van der Waals surface area contributed by atoms with Crippen molar-refractivity contribution in [1.29, 1.82) is 0 Å². The average molecular weight is 404 g/mol. The zero-order valence-corrected chi connectivity index (χ0v) is 16.0. The number of carboxylic acid groups (broad SMARTS) is 3. The third-order valence-corrected chi connectivity index (χ3v) is 2.54. The molecule has 146 valence electrons. The van der Waals surface area contributed by atoms with E-state index in [0.29, 0.717) is 18.9 Å². The topological polar surface area (TPSA) is 163 Å². The summed E-state index contributed by atoms with van der Waals surface area (Å²) in [6, 6.07) is 0. The van der Waals surface area contributed by atoms with Crippen molar-refractivity contribution in [2.75, 3.05) is 0 Å². The van der Waals surface area contributed by atoms with Crippen molar-refractivity contribution in [3.63, 3.8) is 0 Å². The van der Waals surface area contributed by atoms with E-state index in [1.807, 2.05) is 0 Å². The molecule has 0 fully saturated rings. The van der Waals surface area contributed by atoms with Crippen LogP contribution in [0, 0.1) is 16.2 Å². The summed E-state index contributed by atoms with van der Waals surface area (Å²) in [5.41, 5.74) is -3.67. The molecule has 0 aromatic rings. The summed E-state index contributed by atoms with van der Waals surface area (Å²) in [6.45, 7) is 8.10. The minimum Gasteiger partial charge on any atom is -0.481 e. The molecule has 0 saturated heterocycles. The van der Waals surface area contributed by atoms with Crippen molar-refractivity contribution in [3.8, 4) is 0 Å². The van der Waals surface area contributed by atoms with Crippen LogP contribution in [-0.2, 0) is 45.8 Å². The van der Waals surface area contributed by atoms with Gasteiger partial charge in [-0.05, 0) is 41.5 Å². The molecule has 0 spiro atoms. The van der Waals surface area contributed by atoms with Gasteiger partial charge in [0.2, 0.25) is 0 Å². The minimum atomic E-state index is -1.22. The zero-order chi connectivity index (χ0) is 20.4. The van der Waals surface area contributed by atoms with Crippen molar-refractivity contribution in [2.24, 2.45) is 16.2 Å². The molecule has 0 aliphatic heterocycles. The summed E-state index contributed by atoms with van der Waals surface area (Å²) in [6.07, 6.45) is 1.24. The summed E-state index contributed by atoms with van der Waals surface area (Å²) in [5, 5.41) is 24.6. The van der Waals surface area contributed by atoms with Crippen molar-refractivity contribution < 1.29 is 61.2 Å². The smallest absolute Gasteiger partial charge is 0.316 e. The quantitative estimate of drug-likeness (QED) is 0.331. The minimum absolute atomic E-state index is 0. The van der Waals surface area contributed by atoms with Crippen molar-refractivity contribution in [2.45, 2.75) is 41.5 Å². The molecule has 25 heavy (non-hydrogen) atoms. The first kappa shape index (κ1) is 30.8. The number of rotatable bonds is 6. The van der Waals surface area contributed by atoms with Crippen LogP contribution in [0.4, 0.5) is 0 Å². The number of aldehydes is 3. The van der Waals surface area contributed by atoms with Gasteiger partial charge >= 0.3 is 17.9 Å². The molecule has 0 unspecified atom stereocenters. The first-order valence-corrected chi connectivity index (χ1v) is 6.61. The zero-order valence-electron chi connectivity index (χ0n) is 14.9. The molecule has 0 saturated carbocycles. The molecule has 3 N–H and O–H groups in total. The van der Waals surface area contributed by atoms with Crippen LogP contribution in [0.5, 0.6) is 0 Å². The van der Waals surface area contributed by atoms with Crippen LogP contribution < -0.4 is 0 Å². The molecular weight excluding hydrogens is 380 g/mol. The number of aliphatic carboxylic acids is 3. The van der Waals surface area contributed by atoms with E-state index in [4.69, 9.17) is 15.3 Å². The fourth-order valence-electron chi connectivity index (χ4n) is 0.151. The number of carbonyl (C=O) groups is 6. The number of carboxylic acids is 3. The maximum absolute atomic E-state index is 10.0. The fraction of sp³-hybridized carbons (Fsp3) is 0.600. The van der Waals surface area contributed by atoms with Crippen LogP contribution in [0.25, 0.3) is 0 Å². The molecule has 10 heteroatoms. The van der Waals surface area contributed by atoms with Gasteiger partial charge in [-0.15, -0.1) is 0 Å². The van der Waals surface area contributed by atoms with E-state index in [2.05, 4.69) is 0 Å². The van der Waals surface area contributed by atoms with Gasteiger partial charge in [-0.2, -0.15) is 0 Å². The summed E-state index contributed by atoms with van der Waals surface area (Å²) < 4.78 is 0. The van der Waals surface area contributed by atoms with Crippen LogP contribution in [0.15, 0.2) is 0 Å². The molecule has 0 aliphatic rings. The average Bonchev–Trinajstić information content (AvgIpc) is 2.47. The fourth-order valence-corrected chi connectivity index (χ4v) is 0.151.